The first-order chi connectivity index (χ1) is 9.24. The molecule has 0 aliphatic rings. The number of allylic oxidation sites excluding steroid dienone is 1. The van der Waals surface area contributed by atoms with Gasteiger partial charge >= 0.3 is 0 Å². The van der Waals surface area contributed by atoms with E-state index in [1.807, 2.05) is 0 Å². The molecule has 0 bridgehead atoms. The number of rotatable bonds is 9. The highest BCUT2D eigenvalue weighted by Crippen LogP contribution is 2.37. The Hall–Kier alpha value is 0.387. The van der Waals surface area contributed by atoms with Crippen LogP contribution in [-0.4, -0.2) is 14.4 Å². The molecular weight excluding hydrogens is 377 g/mol. The summed E-state index contributed by atoms with van der Waals surface area (Å²) in [7, 11) is -1.67. The van der Waals surface area contributed by atoms with Gasteiger partial charge in [0.25, 0.3) is 0 Å². The second kappa shape index (κ2) is 10.2. The van der Waals surface area contributed by atoms with E-state index >= 15 is 0 Å². The zero-order valence-electron chi connectivity index (χ0n) is 14.2. The van der Waals surface area contributed by atoms with Gasteiger partial charge in [0.1, 0.15) is 0 Å². The van der Waals surface area contributed by atoms with Crippen LogP contribution in [0.15, 0.2) is 22.3 Å². The van der Waals surface area contributed by atoms with Crippen LogP contribution >= 0.6 is 22.6 Å². The molecule has 1 atom stereocenters. The lowest BCUT2D eigenvalue weighted by Crippen LogP contribution is -2.43. The molecule has 0 saturated carbocycles. The minimum absolute atomic E-state index is 0.232. The molecule has 0 spiro atoms. The van der Waals surface area contributed by atoms with Crippen molar-refractivity contribution in [2.75, 3.05) is 0 Å². The summed E-state index contributed by atoms with van der Waals surface area (Å²) < 4.78 is 8.55. The van der Waals surface area contributed by atoms with Gasteiger partial charge in [0, 0.05) is 0 Å². The molecule has 0 amide bonds. The van der Waals surface area contributed by atoms with Crippen LogP contribution in [0.4, 0.5) is 0 Å². The Morgan fingerprint density at radius 2 is 1.80 bits per heavy atom. The van der Waals surface area contributed by atoms with Crippen molar-refractivity contribution in [3.05, 3.63) is 22.3 Å². The molecule has 0 N–H and O–H groups in total. The molecule has 20 heavy (non-hydrogen) atoms. The smallest absolute Gasteiger partial charge is 0.192 e. The van der Waals surface area contributed by atoms with Crippen molar-refractivity contribution in [3.8, 4) is 0 Å². The fourth-order valence-electron chi connectivity index (χ4n) is 1.66. The largest absolute Gasteiger partial charge is 0.410 e. The maximum Gasteiger partial charge on any atom is 0.192 e. The van der Waals surface area contributed by atoms with Crippen molar-refractivity contribution in [2.45, 2.75) is 84.0 Å². The molecule has 0 aromatic heterocycles. The van der Waals surface area contributed by atoms with E-state index in [2.05, 4.69) is 85.7 Å². The van der Waals surface area contributed by atoms with Gasteiger partial charge in [-0.15, -0.1) is 0 Å². The van der Waals surface area contributed by atoms with Gasteiger partial charge in [-0.25, -0.2) is 0 Å². The molecule has 0 heterocycles. The minimum atomic E-state index is -1.67. The first-order valence-corrected chi connectivity index (χ1v) is 12.0. The Morgan fingerprint density at radius 1 is 1.15 bits per heavy atom. The third kappa shape index (κ3) is 8.62. The molecule has 0 saturated heterocycles. The summed E-state index contributed by atoms with van der Waals surface area (Å²) in [5, 5.41) is 0.273. The predicted molar refractivity (Wildman–Crippen MR) is 103 cm³/mol. The van der Waals surface area contributed by atoms with E-state index in [0.717, 1.165) is 6.42 Å². The maximum atomic E-state index is 6.47. The van der Waals surface area contributed by atoms with Crippen molar-refractivity contribution in [1.82, 2.24) is 0 Å². The van der Waals surface area contributed by atoms with Crippen molar-refractivity contribution in [3.63, 3.8) is 0 Å². The highest BCUT2D eigenvalue weighted by molar-refractivity contribution is 14.1. The van der Waals surface area contributed by atoms with Crippen LogP contribution in [0, 0.1) is 0 Å². The zero-order valence-corrected chi connectivity index (χ0v) is 17.4. The lowest BCUT2D eigenvalue weighted by Gasteiger charge is -2.38. The van der Waals surface area contributed by atoms with Gasteiger partial charge in [-0.3, -0.25) is 0 Å². The van der Waals surface area contributed by atoms with Crippen LogP contribution in [-0.2, 0) is 4.43 Å². The average molecular weight is 410 g/mol. The van der Waals surface area contributed by atoms with Crippen molar-refractivity contribution >= 4 is 30.9 Å². The van der Waals surface area contributed by atoms with E-state index in [0.29, 0.717) is 0 Å². The number of unbranched alkanes of at least 4 members (excludes halogenated alkanes) is 3. The normalized spacial score (nSPS) is 15.3. The number of halogens is 1. The van der Waals surface area contributed by atoms with E-state index in [9.17, 15) is 0 Å². The summed E-state index contributed by atoms with van der Waals surface area (Å²) in [5.41, 5.74) is 0. The highest BCUT2D eigenvalue weighted by atomic mass is 127. The second-order valence-electron chi connectivity index (χ2n) is 6.94. The molecule has 0 fully saturated rings. The fraction of sp³-hybridized carbons (Fsp3) is 0.765. The lowest BCUT2D eigenvalue weighted by molar-refractivity contribution is 0.228. The minimum Gasteiger partial charge on any atom is -0.410 e. The van der Waals surface area contributed by atoms with Crippen molar-refractivity contribution in [2.24, 2.45) is 0 Å². The van der Waals surface area contributed by atoms with Gasteiger partial charge in [0.15, 0.2) is 8.32 Å². The number of hydrogen-bond donors (Lipinski definition) is 0. The molecule has 0 aliphatic heterocycles. The maximum absolute atomic E-state index is 6.47. The van der Waals surface area contributed by atoms with Crippen LogP contribution < -0.4 is 0 Å². The molecule has 0 aromatic rings. The van der Waals surface area contributed by atoms with Crippen LogP contribution in [0.25, 0.3) is 0 Å². The van der Waals surface area contributed by atoms with Crippen LogP contribution in [0.2, 0.25) is 18.1 Å². The van der Waals surface area contributed by atoms with Gasteiger partial charge in [0.2, 0.25) is 0 Å². The van der Waals surface area contributed by atoms with Crippen LogP contribution in [0.3, 0.4) is 0 Å². The fourth-order valence-corrected chi connectivity index (χ4v) is 3.41. The summed E-state index contributed by atoms with van der Waals surface area (Å²) >= 11 is 2.29. The summed E-state index contributed by atoms with van der Waals surface area (Å²) in [6.07, 6.45) is 13.2. The lowest BCUT2D eigenvalue weighted by atomic mass is 10.2. The Morgan fingerprint density at radius 3 is 2.30 bits per heavy atom. The second-order valence-corrected chi connectivity index (χ2v) is 12.4. The zero-order chi connectivity index (χ0) is 15.6. The molecule has 0 aliphatic carbocycles. The Labute approximate surface area is 141 Å². The predicted octanol–water partition coefficient (Wildman–Crippen LogP) is 6.85. The Bertz CT molecular complexity index is 303. The summed E-state index contributed by atoms with van der Waals surface area (Å²) in [4.78, 5) is 0. The van der Waals surface area contributed by atoms with Crippen LogP contribution in [0.1, 0.15) is 59.8 Å². The van der Waals surface area contributed by atoms with E-state index < -0.39 is 8.32 Å². The molecule has 1 unspecified atom stereocenters. The first kappa shape index (κ1) is 20.4. The van der Waals surface area contributed by atoms with E-state index in [1.165, 1.54) is 25.7 Å². The van der Waals surface area contributed by atoms with Crippen molar-refractivity contribution in [1.29, 1.82) is 0 Å². The van der Waals surface area contributed by atoms with E-state index in [1.54, 1.807) is 0 Å². The molecular formula is C17H33IOSi. The van der Waals surface area contributed by atoms with Crippen LogP contribution in [0.5, 0.6) is 0 Å². The SMILES string of the molecule is CCCCC/C=C\CC(/[13CH]=[13CH]/I)O[Si](C)(C)C(C)(C)C. The summed E-state index contributed by atoms with van der Waals surface area (Å²) in [6.45, 7) is 13.8. The molecule has 0 radical (unpaired) electrons. The Balaban J connectivity index is 4.38. The highest BCUT2D eigenvalue weighted by Gasteiger charge is 2.38. The quantitative estimate of drug-likeness (QED) is 0.133. The third-order valence-electron chi connectivity index (χ3n) is 4.05. The first-order valence-electron chi connectivity index (χ1n) is 7.84. The topological polar surface area (TPSA) is 9.23 Å². The van der Waals surface area contributed by atoms with E-state index in [4.69, 9.17) is 4.43 Å². The Kier molecular flexibility index (Phi) is 10.4. The van der Waals surface area contributed by atoms with Gasteiger partial charge < -0.3 is 4.43 Å². The molecule has 0 rings (SSSR count). The molecule has 0 aromatic carbocycles. The molecule has 1 nitrogen and oxygen atoms in total. The van der Waals surface area contributed by atoms with Crippen molar-refractivity contribution < 1.29 is 4.43 Å². The van der Waals surface area contributed by atoms with Gasteiger partial charge in [-0.1, -0.05) is 81.4 Å². The van der Waals surface area contributed by atoms with Gasteiger partial charge in [-0.05, 0) is 41.5 Å². The standard InChI is InChI=1S/C17H33IOSi/c1-7-8-9-10-11-12-13-16(14-15-18)19-20(5,6)17(2,3)4/h11-12,14-16H,7-10,13H2,1-6H3/b12-11-,15-14+/i14+1,15+1. The molecule has 118 valence electrons. The summed E-state index contributed by atoms with van der Waals surface area (Å²) in [5.74, 6) is 0. The molecule has 3 heteroatoms. The van der Waals surface area contributed by atoms with E-state index in [-0.39, 0.29) is 11.1 Å². The van der Waals surface area contributed by atoms with Gasteiger partial charge in [-0.2, -0.15) is 0 Å². The summed E-state index contributed by atoms with van der Waals surface area (Å²) in [6, 6.07) is 0. The van der Waals surface area contributed by atoms with Gasteiger partial charge in [0.05, 0.1) is 6.10 Å². The monoisotopic (exact) mass is 410 g/mol. The number of hydrogen-bond acceptors (Lipinski definition) is 1. The average Bonchev–Trinajstić information content (AvgIpc) is 2.32. The third-order valence-corrected chi connectivity index (χ3v) is 8.97.